The number of aliphatic carboxylic acids is 1. The summed E-state index contributed by atoms with van der Waals surface area (Å²) >= 11 is 0. The Morgan fingerprint density at radius 3 is 2.30 bits per heavy atom. The zero-order valence-corrected chi connectivity index (χ0v) is 12.7. The van der Waals surface area contributed by atoms with E-state index in [-0.39, 0.29) is 17.1 Å². The molecule has 1 N–H and O–H groups in total. The van der Waals surface area contributed by atoms with Gasteiger partial charge in [0.05, 0.1) is 20.1 Å². The van der Waals surface area contributed by atoms with Crippen LogP contribution in [-0.4, -0.2) is 40.0 Å². The number of benzene rings is 1. The van der Waals surface area contributed by atoms with Gasteiger partial charge in [-0.3, -0.25) is 4.79 Å². The molecule has 0 bridgehead atoms. The van der Waals surface area contributed by atoms with Crippen molar-refractivity contribution in [1.29, 1.82) is 0 Å². The molecule has 1 rings (SSSR count). The van der Waals surface area contributed by atoms with Crippen molar-refractivity contribution in [1.82, 2.24) is 0 Å². The van der Waals surface area contributed by atoms with Crippen LogP contribution in [0.4, 0.5) is 0 Å². The topological polar surface area (TPSA) is 89.9 Å². The highest BCUT2D eigenvalue weighted by molar-refractivity contribution is 7.90. The van der Waals surface area contributed by atoms with E-state index in [4.69, 9.17) is 14.6 Å². The van der Waals surface area contributed by atoms with Gasteiger partial charge in [-0.1, -0.05) is 6.92 Å². The number of hydrogen-bond acceptors (Lipinski definition) is 5. The summed E-state index contributed by atoms with van der Waals surface area (Å²) in [6.07, 6.45) is 1.22. The second kappa shape index (κ2) is 6.13. The van der Waals surface area contributed by atoms with Gasteiger partial charge in [0.25, 0.3) is 0 Å². The Kier molecular flexibility index (Phi) is 4.99. The molecule has 0 amide bonds. The number of ether oxygens (including phenoxy) is 2. The van der Waals surface area contributed by atoms with Crippen molar-refractivity contribution < 1.29 is 27.8 Å². The molecular weight excluding hydrogens is 284 g/mol. The van der Waals surface area contributed by atoms with Crippen LogP contribution in [0.25, 0.3) is 0 Å². The molecule has 0 aliphatic heterocycles. The summed E-state index contributed by atoms with van der Waals surface area (Å²) in [5.74, 6) is -1.11. The monoisotopic (exact) mass is 302 g/mol. The Balaban J connectivity index is 3.45. The minimum Gasteiger partial charge on any atom is -0.497 e. The molecule has 112 valence electrons. The predicted molar refractivity (Wildman–Crippen MR) is 73.2 cm³/mol. The number of carboxylic acids is 1. The van der Waals surface area contributed by atoms with Gasteiger partial charge in [-0.05, 0) is 18.1 Å². The molecule has 0 heterocycles. The standard InChI is InChI=1S/C13H18O6S/c1-8(13(14)15)5-9-6-10(18-2)7-11(12(9)19-3)20(4,16)17/h6-8H,5H2,1-4H3,(H,14,15). The fourth-order valence-corrected chi connectivity index (χ4v) is 2.71. The van der Waals surface area contributed by atoms with Crippen LogP contribution in [0.5, 0.6) is 11.5 Å². The summed E-state index contributed by atoms with van der Waals surface area (Å²) in [6, 6.07) is 2.95. The van der Waals surface area contributed by atoms with Crippen LogP contribution in [0.1, 0.15) is 12.5 Å². The third-order valence-corrected chi connectivity index (χ3v) is 3.99. The van der Waals surface area contributed by atoms with E-state index in [9.17, 15) is 13.2 Å². The number of carbonyl (C=O) groups is 1. The molecule has 6 nitrogen and oxygen atoms in total. The van der Waals surface area contributed by atoms with E-state index in [1.165, 1.54) is 20.3 Å². The normalized spacial score (nSPS) is 12.8. The number of hydrogen-bond donors (Lipinski definition) is 1. The van der Waals surface area contributed by atoms with Crippen molar-refractivity contribution >= 4 is 15.8 Å². The Hall–Kier alpha value is -1.76. The Bertz CT molecular complexity index is 606. The highest BCUT2D eigenvalue weighted by Gasteiger charge is 2.22. The van der Waals surface area contributed by atoms with Gasteiger partial charge in [0.1, 0.15) is 16.4 Å². The smallest absolute Gasteiger partial charge is 0.306 e. The molecule has 0 saturated heterocycles. The van der Waals surface area contributed by atoms with E-state index in [1.807, 2.05) is 0 Å². The molecule has 1 aromatic rings. The van der Waals surface area contributed by atoms with Crippen LogP contribution in [0.15, 0.2) is 17.0 Å². The number of carboxylic acid groups (broad SMARTS) is 1. The van der Waals surface area contributed by atoms with Crippen molar-refractivity contribution in [2.24, 2.45) is 5.92 Å². The van der Waals surface area contributed by atoms with Crippen LogP contribution in [0.2, 0.25) is 0 Å². The molecule has 0 fully saturated rings. The lowest BCUT2D eigenvalue weighted by Gasteiger charge is -2.16. The first-order valence-electron chi connectivity index (χ1n) is 5.88. The number of methoxy groups -OCH3 is 2. The molecule has 0 aliphatic rings. The maximum absolute atomic E-state index is 11.8. The van der Waals surface area contributed by atoms with Crippen molar-refractivity contribution in [3.63, 3.8) is 0 Å². The van der Waals surface area contributed by atoms with E-state index in [0.717, 1.165) is 6.26 Å². The van der Waals surface area contributed by atoms with Gasteiger partial charge in [0, 0.05) is 12.3 Å². The second-order valence-corrected chi connectivity index (χ2v) is 6.52. The van der Waals surface area contributed by atoms with Gasteiger partial charge in [-0.25, -0.2) is 8.42 Å². The van der Waals surface area contributed by atoms with Gasteiger partial charge in [-0.15, -0.1) is 0 Å². The van der Waals surface area contributed by atoms with Crippen LogP contribution in [-0.2, 0) is 21.1 Å². The van der Waals surface area contributed by atoms with E-state index >= 15 is 0 Å². The maximum Gasteiger partial charge on any atom is 0.306 e. The molecule has 1 aromatic carbocycles. The minimum absolute atomic E-state index is 0.00746. The predicted octanol–water partition coefficient (Wildman–Crippen LogP) is 1.37. The molecule has 0 spiro atoms. The first-order chi connectivity index (χ1) is 9.20. The largest absolute Gasteiger partial charge is 0.497 e. The fraction of sp³-hybridized carbons (Fsp3) is 0.462. The number of rotatable bonds is 6. The van der Waals surface area contributed by atoms with Crippen molar-refractivity contribution in [3.8, 4) is 11.5 Å². The lowest BCUT2D eigenvalue weighted by atomic mass is 10.00. The molecule has 7 heteroatoms. The van der Waals surface area contributed by atoms with Gasteiger partial charge >= 0.3 is 5.97 Å². The second-order valence-electron chi connectivity index (χ2n) is 4.53. The summed E-state index contributed by atoms with van der Waals surface area (Å²) in [7, 11) is -0.742. The van der Waals surface area contributed by atoms with Gasteiger partial charge < -0.3 is 14.6 Å². The highest BCUT2D eigenvalue weighted by Crippen LogP contribution is 2.34. The van der Waals surface area contributed by atoms with E-state index < -0.39 is 21.7 Å². The molecule has 0 aliphatic carbocycles. The molecule has 0 saturated carbocycles. The maximum atomic E-state index is 11.8. The van der Waals surface area contributed by atoms with Crippen LogP contribution in [0, 0.1) is 5.92 Å². The summed E-state index contributed by atoms with van der Waals surface area (Å²) in [4.78, 5) is 10.9. The first kappa shape index (κ1) is 16.3. The zero-order valence-electron chi connectivity index (χ0n) is 11.8. The summed E-state index contributed by atoms with van der Waals surface area (Å²) < 4.78 is 33.8. The van der Waals surface area contributed by atoms with Crippen LogP contribution >= 0.6 is 0 Å². The molecule has 20 heavy (non-hydrogen) atoms. The summed E-state index contributed by atoms with van der Waals surface area (Å²) in [5, 5.41) is 8.97. The van der Waals surface area contributed by atoms with Gasteiger partial charge in [0.15, 0.2) is 9.84 Å². The van der Waals surface area contributed by atoms with Crippen molar-refractivity contribution in [2.75, 3.05) is 20.5 Å². The first-order valence-corrected chi connectivity index (χ1v) is 7.77. The molecule has 0 aromatic heterocycles. The van der Waals surface area contributed by atoms with Crippen LogP contribution in [0.3, 0.4) is 0 Å². The average Bonchev–Trinajstić information content (AvgIpc) is 2.36. The lowest BCUT2D eigenvalue weighted by Crippen LogP contribution is -2.14. The lowest BCUT2D eigenvalue weighted by molar-refractivity contribution is -0.141. The zero-order chi connectivity index (χ0) is 15.5. The number of sulfone groups is 1. The summed E-state index contributed by atoms with van der Waals surface area (Å²) in [5.41, 5.74) is 0.488. The Morgan fingerprint density at radius 2 is 1.90 bits per heavy atom. The third-order valence-electron chi connectivity index (χ3n) is 2.89. The van der Waals surface area contributed by atoms with Crippen molar-refractivity contribution in [3.05, 3.63) is 17.7 Å². The molecular formula is C13H18O6S. The SMILES string of the molecule is COc1cc(CC(C)C(=O)O)c(OC)c(S(C)(=O)=O)c1. The molecule has 0 radical (unpaired) electrons. The average molecular weight is 302 g/mol. The molecule has 1 unspecified atom stereocenters. The quantitative estimate of drug-likeness (QED) is 0.853. The Labute approximate surface area is 118 Å². The van der Waals surface area contributed by atoms with E-state index in [0.29, 0.717) is 11.3 Å². The minimum atomic E-state index is -3.51. The van der Waals surface area contributed by atoms with E-state index in [2.05, 4.69) is 0 Å². The van der Waals surface area contributed by atoms with Gasteiger partial charge in [0.2, 0.25) is 0 Å². The highest BCUT2D eigenvalue weighted by atomic mass is 32.2. The Morgan fingerprint density at radius 1 is 1.30 bits per heavy atom. The third kappa shape index (κ3) is 3.63. The fourth-order valence-electron chi connectivity index (χ4n) is 1.83. The van der Waals surface area contributed by atoms with E-state index in [1.54, 1.807) is 13.0 Å². The molecule has 1 atom stereocenters. The van der Waals surface area contributed by atoms with Crippen LogP contribution < -0.4 is 9.47 Å². The van der Waals surface area contributed by atoms with Gasteiger partial charge in [-0.2, -0.15) is 0 Å². The van der Waals surface area contributed by atoms with Crippen molar-refractivity contribution in [2.45, 2.75) is 18.2 Å². The summed E-state index contributed by atoms with van der Waals surface area (Å²) in [6.45, 7) is 1.54.